The monoisotopic (exact) mass is 209 g/mol. The minimum Gasteiger partial charge on any atom is -0.325 e. The molecule has 1 N–H and O–H groups in total. The van der Waals surface area contributed by atoms with Gasteiger partial charge >= 0.3 is 0 Å². The lowest BCUT2D eigenvalue weighted by atomic mass is 10.1. The summed E-state index contributed by atoms with van der Waals surface area (Å²) in [6, 6.07) is 6.00. The van der Waals surface area contributed by atoms with Crippen molar-refractivity contribution >= 4 is 23.4 Å². The van der Waals surface area contributed by atoms with E-state index in [1.54, 1.807) is 0 Å². The smallest absolute Gasteiger partial charge is 0.234 e. The third kappa shape index (κ3) is 2.77. The van der Waals surface area contributed by atoms with Gasteiger partial charge in [0.25, 0.3) is 0 Å². The fraction of sp³-hybridized carbons (Fsp3) is 0.364. The van der Waals surface area contributed by atoms with Crippen molar-refractivity contribution in [1.29, 1.82) is 0 Å². The van der Waals surface area contributed by atoms with Gasteiger partial charge in [0, 0.05) is 5.69 Å². The van der Waals surface area contributed by atoms with Gasteiger partial charge in [-0.1, -0.05) is 18.2 Å². The predicted molar refractivity (Wildman–Crippen MR) is 62.9 cm³/mol. The van der Waals surface area contributed by atoms with Crippen LogP contribution in [0.5, 0.6) is 0 Å². The molecular formula is C11H15NOS. The van der Waals surface area contributed by atoms with Crippen LogP contribution in [0.15, 0.2) is 18.2 Å². The molecule has 0 aliphatic carbocycles. The maximum Gasteiger partial charge on any atom is 0.234 e. The topological polar surface area (TPSA) is 29.1 Å². The molecule has 0 aliphatic rings. The summed E-state index contributed by atoms with van der Waals surface area (Å²) in [4.78, 5) is 11.4. The van der Waals surface area contributed by atoms with Gasteiger partial charge in [-0.05, 0) is 31.2 Å². The minimum absolute atomic E-state index is 0.0647. The van der Waals surface area contributed by atoms with Crippen molar-refractivity contribution in [2.24, 2.45) is 0 Å². The number of thioether (sulfide) groups is 1. The number of aryl methyl sites for hydroxylation is 2. The third-order valence-corrected chi connectivity index (χ3v) is 2.57. The Morgan fingerprint density at radius 3 is 2.43 bits per heavy atom. The zero-order chi connectivity index (χ0) is 10.6. The Hall–Kier alpha value is -0.960. The Morgan fingerprint density at radius 2 is 1.93 bits per heavy atom. The van der Waals surface area contributed by atoms with Gasteiger partial charge < -0.3 is 5.32 Å². The Morgan fingerprint density at radius 1 is 1.36 bits per heavy atom. The molecule has 0 spiro atoms. The van der Waals surface area contributed by atoms with E-state index in [2.05, 4.69) is 5.32 Å². The molecule has 1 amide bonds. The number of carbonyl (C=O) groups is 1. The second-order valence-corrected chi connectivity index (χ2v) is 4.11. The molecule has 0 saturated heterocycles. The predicted octanol–water partition coefficient (Wildman–Crippen LogP) is 2.60. The van der Waals surface area contributed by atoms with Crippen molar-refractivity contribution in [3.05, 3.63) is 29.3 Å². The quantitative estimate of drug-likeness (QED) is 0.829. The van der Waals surface area contributed by atoms with Crippen LogP contribution in [0.4, 0.5) is 5.69 Å². The molecule has 3 heteroatoms. The number of hydrogen-bond acceptors (Lipinski definition) is 2. The number of para-hydroxylation sites is 1. The minimum atomic E-state index is 0.0647. The summed E-state index contributed by atoms with van der Waals surface area (Å²) in [6.45, 7) is 4.00. The van der Waals surface area contributed by atoms with Crippen LogP contribution >= 0.6 is 11.8 Å². The molecule has 0 heterocycles. The van der Waals surface area contributed by atoms with Crippen molar-refractivity contribution < 1.29 is 4.79 Å². The Bertz CT molecular complexity index is 316. The van der Waals surface area contributed by atoms with E-state index in [0.29, 0.717) is 5.75 Å². The second-order valence-electron chi connectivity index (χ2n) is 3.25. The van der Waals surface area contributed by atoms with Crippen LogP contribution in [0.1, 0.15) is 11.1 Å². The van der Waals surface area contributed by atoms with E-state index < -0.39 is 0 Å². The van der Waals surface area contributed by atoms with Gasteiger partial charge in [-0.25, -0.2) is 0 Å². The van der Waals surface area contributed by atoms with Gasteiger partial charge in [-0.15, -0.1) is 0 Å². The molecule has 0 atom stereocenters. The molecular weight excluding hydrogens is 194 g/mol. The van der Waals surface area contributed by atoms with Crippen LogP contribution in [0.25, 0.3) is 0 Å². The van der Waals surface area contributed by atoms with Gasteiger partial charge in [0.1, 0.15) is 0 Å². The van der Waals surface area contributed by atoms with E-state index in [-0.39, 0.29) is 5.91 Å². The first kappa shape index (κ1) is 11.1. The van der Waals surface area contributed by atoms with Crippen molar-refractivity contribution in [3.8, 4) is 0 Å². The molecule has 0 unspecified atom stereocenters. The first-order valence-corrected chi connectivity index (χ1v) is 5.89. The summed E-state index contributed by atoms with van der Waals surface area (Å²) in [5.74, 6) is 0.572. The molecule has 0 aromatic heterocycles. The van der Waals surface area contributed by atoms with Crippen LogP contribution in [0, 0.1) is 13.8 Å². The maximum atomic E-state index is 11.4. The molecule has 1 rings (SSSR count). The number of hydrogen-bond donors (Lipinski definition) is 1. The lowest BCUT2D eigenvalue weighted by molar-refractivity contribution is -0.113. The van der Waals surface area contributed by atoms with Gasteiger partial charge in [-0.3, -0.25) is 4.79 Å². The van der Waals surface area contributed by atoms with Gasteiger partial charge in [0.15, 0.2) is 0 Å². The number of nitrogens with one attached hydrogen (secondary N) is 1. The summed E-state index contributed by atoms with van der Waals surface area (Å²) in [5.41, 5.74) is 3.17. The Balaban J connectivity index is 2.80. The van der Waals surface area contributed by atoms with Crippen molar-refractivity contribution in [3.63, 3.8) is 0 Å². The first-order chi connectivity index (χ1) is 6.65. The van der Waals surface area contributed by atoms with E-state index in [1.807, 2.05) is 38.3 Å². The molecule has 0 aliphatic heterocycles. The molecule has 0 fully saturated rings. The highest BCUT2D eigenvalue weighted by atomic mass is 32.2. The van der Waals surface area contributed by atoms with E-state index in [1.165, 1.54) is 11.8 Å². The van der Waals surface area contributed by atoms with Gasteiger partial charge in [-0.2, -0.15) is 11.8 Å². The second kappa shape index (κ2) is 5.05. The van der Waals surface area contributed by atoms with Crippen LogP contribution in [0.2, 0.25) is 0 Å². The zero-order valence-corrected chi connectivity index (χ0v) is 9.57. The number of benzene rings is 1. The number of carbonyl (C=O) groups excluding carboxylic acids is 1. The van der Waals surface area contributed by atoms with E-state index >= 15 is 0 Å². The largest absolute Gasteiger partial charge is 0.325 e. The number of rotatable bonds is 3. The fourth-order valence-electron chi connectivity index (χ4n) is 1.32. The van der Waals surface area contributed by atoms with Crippen LogP contribution in [-0.4, -0.2) is 17.9 Å². The van der Waals surface area contributed by atoms with E-state index in [0.717, 1.165) is 16.8 Å². The Kier molecular flexibility index (Phi) is 4.01. The lowest BCUT2D eigenvalue weighted by Gasteiger charge is -2.10. The van der Waals surface area contributed by atoms with Crippen LogP contribution < -0.4 is 5.32 Å². The molecule has 0 saturated carbocycles. The zero-order valence-electron chi connectivity index (χ0n) is 8.76. The van der Waals surface area contributed by atoms with E-state index in [9.17, 15) is 4.79 Å². The average molecular weight is 209 g/mol. The van der Waals surface area contributed by atoms with Crippen molar-refractivity contribution in [2.45, 2.75) is 13.8 Å². The number of amides is 1. The van der Waals surface area contributed by atoms with Gasteiger partial charge in [0.2, 0.25) is 5.91 Å². The summed E-state index contributed by atoms with van der Waals surface area (Å²) in [6.07, 6.45) is 1.92. The van der Waals surface area contributed by atoms with E-state index in [4.69, 9.17) is 0 Å². The van der Waals surface area contributed by atoms with Crippen molar-refractivity contribution in [2.75, 3.05) is 17.3 Å². The third-order valence-electron chi connectivity index (χ3n) is 2.02. The fourth-order valence-corrected chi connectivity index (χ4v) is 1.65. The first-order valence-electron chi connectivity index (χ1n) is 4.50. The summed E-state index contributed by atoms with van der Waals surface area (Å²) >= 11 is 1.53. The molecule has 0 bridgehead atoms. The van der Waals surface area contributed by atoms with Crippen molar-refractivity contribution in [1.82, 2.24) is 0 Å². The Labute approximate surface area is 89.1 Å². The highest BCUT2D eigenvalue weighted by molar-refractivity contribution is 7.99. The average Bonchev–Trinajstić information content (AvgIpc) is 2.12. The van der Waals surface area contributed by atoms with Gasteiger partial charge in [0.05, 0.1) is 5.75 Å². The molecule has 14 heavy (non-hydrogen) atoms. The normalized spacial score (nSPS) is 9.93. The molecule has 2 nitrogen and oxygen atoms in total. The summed E-state index contributed by atoms with van der Waals surface area (Å²) in [7, 11) is 0. The SMILES string of the molecule is CSCC(=O)Nc1c(C)cccc1C. The van der Waals surface area contributed by atoms with Crippen LogP contribution in [-0.2, 0) is 4.79 Å². The molecule has 76 valence electrons. The van der Waals surface area contributed by atoms with Crippen LogP contribution in [0.3, 0.4) is 0 Å². The highest BCUT2D eigenvalue weighted by Gasteiger charge is 2.05. The molecule has 1 aromatic rings. The maximum absolute atomic E-state index is 11.4. The summed E-state index contributed by atoms with van der Waals surface area (Å²) < 4.78 is 0. The molecule has 1 aromatic carbocycles. The number of anilines is 1. The lowest BCUT2D eigenvalue weighted by Crippen LogP contribution is -2.15. The molecule has 0 radical (unpaired) electrons. The standard InChI is InChI=1S/C11H15NOS/c1-8-5-4-6-9(2)11(8)12-10(13)7-14-3/h4-6H,7H2,1-3H3,(H,12,13). The summed E-state index contributed by atoms with van der Waals surface area (Å²) in [5, 5.41) is 2.92. The highest BCUT2D eigenvalue weighted by Crippen LogP contribution is 2.19.